The van der Waals surface area contributed by atoms with Crippen LogP contribution in [0.1, 0.15) is 30.5 Å². The van der Waals surface area contributed by atoms with Gasteiger partial charge in [-0.1, -0.05) is 35.6 Å². The molecule has 3 rings (SSSR count). The molecule has 0 unspecified atom stereocenters. The van der Waals surface area contributed by atoms with Crippen LogP contribution in [0.2, 0.25) is 0 Å². The van der Waals surface area contributed by atoms with Crippen molar-refractivity contribution in [3.63, 3.8) is 0 Å². The average molecular weight is 316 g/mol. The first kappa shape index (κ1) is 14.6. The van der Waals surface area contributed by atoms with Crippen molar-refractivity contribution in [2.75, 3.05) is 11.9 Å². The number of aromatic nitrogens is 2. The van der Waals surface area contributed by atoms with Crippen LogP contribution in [-0.2, 0) is 16.0 Å². The van der Waals surface area contributed by atoms with E-state index in [-0.39, 0.29) is 24.3 Å². The molecule has 0 aliphatic carbocycles. The minimum absolute atomic E-state index is 0.0109. The molecule has 0 bridgehead atoms. The van der Waals surface area contributed by atoms with Crippen LogP contribution in [0.25, 0.3) is 0 Å². The number of nitrogens with one attached hydrogen (secondary N) is 1. The lowest BCUT2D eigenvalue weighted by atomic mass is 9.90. The highest BCUT2D eigenvalue weighted by molar-refractivity contribution is 7.13. The van der Waals surface area contributed by atoms with Gasteiger partial charge in [0.05, 0.1) is 12.5 Å². The summed E-state index contributed by atoms with van der Waals surface area (Å²) in [6.45, 7) is 2.19. The third-order valence-corrected chi connectivity index (χ3v) is 4.41. The second-order valence-electron chi connectivity index (χ2n) is 5.17. The molecule has 1 aliphatic rings. The van der Waals surface area contributed by atoms with Crippen LogP contribution >= 0.6 is 11.3 Å². The molecule has 0 radical (unpaired) electrons. The fourth-order valence-electron chi connectivity index (χ4n) is 2.82. The molecule has 22 heavy (non-hydrogen) atoms. The first-order valence-electron chi connectivity index (χ1n) is 7.06. The Hall–Kier alpha value is -2.28. The summed E-state index contributed by atoms with van der Waals surface area (Å²) in [5.74, 6) is -0.173. The van der Waals surface area contributed by atoms with E-state index in [1.54, 1.807) is 17.3 Å². The number of carbonyl (C=O) groups is 2. The predicted octanol–water partition coefficient (Wildman–Crippen LogP) is 2.01. The Morgan fingerprint density at radius 3 is 2.95 bits per heavy atom. The molecule has 0 fully saturated rings. The Morgan fingerprint density at radius 2 is 2.23 bits per heavy atom. The van der Waals surface area contributed by atoms with Crippen LogP contribution in [0.3, 0.4) is 0 Å². The molecule has 0 saturated carbocycles. The van der Waals surface area contributed by atoms with Crippen molar-refractivity contribution in [3.8, 4) is 0 Å². The van der Waals surface area contributed by atoms with Gasteiger partial charge in [0, 0.05) is 13.5 Å². The van der Waals surface area contributed by atoms with E-state index in [9.17, 15) is 9.59 Å². The van der Waals surface area contributed by atoms with Gasteiger partial charge in [-0.15, -0.1) is 10.2 Å². The summed E-state index contributed by atoms with van der Waals surface area (Å²) < 4.78 is 0. The number of nitrogens with zero attached hydrogens (tertiary/aromatic N) is 3. The maximum absolute atomic E-state index is 12.2. The van der Waals surface area contributed by atoms with E-state index in [0.717, 1.165) is 12.0 Å². The SMILES string of the molecule is CC(=O)N1CCc2ccccc2[C@@H]1CC(=O)Nc1nncs1. The van der Waals surface area contributed by atoms with Crippen LogP contribution in [0.5, 0.6) is 0 Å². The predicted molar refractivity (Wildman–Crippen MR) is 83.4 cm³/mol. The summed E-state index contributed by atoms with van der Waals surface area (Å²) in [6, 6.07) is 7.75. The van der Waals surface area contributed by atoms with Gasteiger partial charge >= 0.3 is 0 Å². The number of hydrogen-bond donors (Lipinski definition) is 1. The van der Waals surface area contributed by atoms with Gasteiger partial charge in [-0.2, -0.15) is 0 Å². The van der Waals surface area contributed by atoms with Crippen LogP contribution in [-0.4, -0.2) is 33.5 Å². The number of carbonyl (C=O) groups excluding carboxylic acids is 2. The molecular formula is C15H16N4O2S. The topological polar surface area (TPSA) is 75.2 Å². The van der Waals surface area contributed by atoms with E-state index in [2.05, 4.69) is 21.6 Å². The Labute approximate surface area is 132 Å². The number of rotatable bonds is 3. The summed E-state index contributed by atoms with van der Waals surface area (Å²) in [6.07, 6.45) is 1.04. The Morgan fingerprint density at radius 1 is 1.41 bits per heavy atom. The number of hydrogen-bond acceptors (Lipinski definition) is 5. The van der Waals surface area contributed by atoms with Gasteiger partial charge in [0.15, 0.2) is 0 Å². The monoisotopic (exact) mass is 316 g/mol. The van der Waals surface area contributed by atoms with Crippen molar-refractivity contribution in [2.24, 2.45) is 0 Å². The molecule has 0 spiro atoms. The molecule has 6 nitrogen and oxygen atoms in total. The van der Waals surface area contributed by atoms with Gasteiger partial charge in [0.1, 0.15) is 5.51 Å². The third-order valence-electron chi connectivity index (χ3n) is 3.80. The van der Waals surface area contributed by atoms with Crippen LogP contribution in [0.15, 0.2) is 29.8 Å². The molecule has 0 saturated heterocycles. The molecule has 1 atom stereocenters. The molecule has 2 heterocycles. The van der Waals surface area contributed by atoms with Gasteiger partial charge in [0.25, 0.3) is 0 Å². The van der Waals surface area contributed by atoms with Crippen molar-refractivity contribution in [3.05, 3.63) is 40.9 Å². The van der Waals surface area contributed by atoms with Crippen LogP contribution < -0.4 is 5.32 Å². The lowest BCUT2D eigenvalue weighted by Gasteiger charge is -2.36. The quantitative estimate of drug-likeness (QED) is 0.940. The van der Waals surface area contributed by atoms with E-state index < -0.39 is 0 Å². The van der Waals surface area contributed by atoms with Gasteiger partial charge in [-0.3, -0.25) is 9.59 Å². The highest BCUT2D eigenvalue weighted by Gasteiger charge is 2.30. The fourth-order valence-corrected chi connectivity index (χ4v) is 3.28. The third kappa shape index (κ3) is 2.99. The lowest BCUT2D eigenvalue weighted by molar-refractivity contribution is -0.132. The van der Waals surface area contributed by atoms with Crippen molar-refractivity contribution in [1.82, 2.24) is 15.1 Å². The van der Waals surface area contributed by atoms with E-state index >= 15 is 0 Å². The molecular weight excluding hydrogens is 300 g/mol. The molecule has 1 aromatic carbocycles. The Kier molecular flexibility index (Phi) is 4.15. The molecule has 2 amide bonds. The summed E-state index contributed by atoms with van der Waals surface area (Å²) >= 11 is 1.27. The highest BCUT2D eigenvalue weighted by Crippen LogP contribution is 2.32. The van der Waals surface area contributed by atoms with E-state index in [1.807, 2.05) is 18.2 Å². The Bertz CT molecular complexity index is 687. The second kappa shape index (κ2) is 6.23. The zero-order valence-electron chi connectivity index (χ0n) is 12.2. The molecule has 1 aromatic heterocycles. The summed E-state index contributed by atoms with van der Waals surface area (Å²) in [5.41, 5.74) is 3.82. The zero-order chi connectivity index (χ0) is 15.5. The average Bonchev–Trinajstić information content (AvgIpc) is 3.00. The number of amides is 2. The Balaban J connectivity index is 1.81. The number of fused-ring (bicyclic) bond motifs is 1. The molecule has 1 N–H and O–H groups in total. The highest BCUT2D eigenvalue weighted by atomic mass is 32.1. The van der Waals surface area contributed by atoms with E-state index in [0.29, 0.717) is 11.7 Å². The number of anilines is 1. The minimum atomic E-state index is -0.227. The van der Waals surface area contributed by atoms with E-state index in [4.69, 9.17) is 0 Å². The molecule has 7 heteroatoms. The summed E-state index contributed by atoms with van der Waals surface area (Å²) in [7, 11) is 0. The second-order valence-corrected chi connectivity index (χ2v) is 6.01. The maximum Gasteiger partial charge on any atom is 0.228 e. The van der Waals surface area contributed by atoms with Crippen LogP contribution in [0.4, 0.5) is 5.13 Å². The summed E-state index contributed by atoms with van der Waals surface area (Å²) in [4.78, 5) is 25.9. The van der Waals surface area contributed by atoms with Crippen molar-refractivity contribution in [2.45, 2.75) is 25.8 Å². The van der Waals surface area contributed by atoms with Crippen molar-refractivity contribution < 1.29 is 9.59 Å². The number of benzene rings is 1. The van der Waals surface area contributed by atoms with E-state index in [1.165, 1.54) is 16.9 Å². The molecule has 114 valence electrons. The standard InChI is InChI=1S/C15H16N4O2S/c1-10(20)19-7-6-11-4-2-3-5-12(11)13(19)8-14(21)17-15-18-16-9-22-15/h2-5,9,13H,6-8H2,1H3,(H,17,18,21)/t13-/m0/s1. The lowest BCUT2D eigenvalue weighted by Crippen LogP contribution is -2.40. The van der Waals surface area contributed by atoms with Gasteiger partial charge in [-0.25, -0.2) is 0 Å². The smallest absolute Gasteiger partial charge is 0.228 e. The van der Waals surface area contributed by atoms with Crippen LogP contribution in [0, 0.1) is 0 Å². The van der Waals surface area contributed by atoms with Gasteiger partial charge < -0.3 is 10.2 Å². The zero-order valence-corrected chi connectivity index (χ0v) is 13.0. The van der Waals surface area contributed by atoms with Gasteiger partial charge in [0.2, 0.25) is 16.9 Å². The normalized spacial score (nSPS) is 17.0. The van der Waals surface area contributed by atoms with Gasteiger partial charge in [-0.05, 0) is 17.5 Å². The van der Waals surface area contributed by atoms with Crippen molar-refractivity contribution in [1.29, 1.82) is 0 Å². The largest absolute Gasteiger partial charge is 0.335 e. The molecule has 1 aliphatic heterocycles. The summed E-state index contributed by atoms with van der Waals surface area (Å²) in [5, 5.41) is 10.7. The van der Waals surface area contributed by atoms with Crippen molar-refractivity contribution >= 4 is 28.3 Å². The fraction of sp³-hybridized carbons (Fsp3) is 0.333. The first-order valence-corrected chi connectivity index (χ1v) is 7.94. The molecule has 2 aromatic rings. The maximum atomic E-state index is 12.2. The minimum Gasteiger partial charge on any atom is -0.335 e. The first-order chi connectivity index (χ1) is 10.6.